The number of hydrogen-bond donors (Lipinski definition) is 1. The predicted octanol–water partition coefficient (Wildman–Crippen LogP) is 1.20. The molecule has 0 saturated carbocycles. The third-order valence-corrected chi connectivity index (χ3v) is 4.76. The van der Waals surface area contributed by atoms with E-state index < -0.39 is 65.3 Å². The molecule has 1 N–H and O–H groups in total. The van der Waals surface area contributed by atoms with Gasteiger partial charge in [0.05, 0.1) is 11.6 Å². The Morgan fingerprint density at radius 3 is 1.91 bits per heavy atom. The van der Waals surface area contributed by atoms with Gasteiger partial charge in [-0.25, -0.2) is 0 Å². The average molecular weight is 474 g/mol. The van der Waals surface area contributed by atoms with Gasteiger partial charge < -0.3 is 29.0 Å². The zero-order chi connectivity index (χ0) is 25.6. The van der Waals surface area contributed by atoms with Gasteiger partial charge in [0.15, 0.2) is 12.2 Å². The fraction of sp³-hybridized carbons (Fsp3) is 0.773. The number of esters is 4. The van der Waals surface area contributed by atoms with Crippen LogP contribution in [0, 0.1) is 0 Å². The lowest BCUT2D eigenvalue weighted by Gasteiger charge is -2.51. The highest BCUT2D eigenvalue weighted by Crippen LogP contribution is 2.37. The highest BCUT2D eigenvalue weighted by Gasteiger charge is 2.56. The lowest BCUT2D eigenvalue weighted by molar-refractivity contribution is -0.251. The molecule has 11 nitrogen and oxygen atoms in total. The Bertz CT molecular complexity index is 759. The summed E-state index contributed by atoms with van der Waals surface area (Å²) in [4.78, 5) is 59.5. The summed E-state index contributed by atoms with van der Waals surface area (Å²) >= 11 is 0. The van der Waals surface area contributed by atoms with E-state index in [1.165, 1.54) is 20.8 Å². The molecule has 11 heteroatoms. The van der Waals surface area contributed by atoms with Crippen LogP contribution in [0.4, 0.5) is 0 Å². The number of carbonyl (C=O) groups excluding carboxylic acids is 5. The van der Waals surface area contributed by atoms with Gasteiger partial charge in [0.25, 0.3) is 0 Å². The molecule has 0 bridgehead atoms. The molecular weight excluding hydrogens is 438 g/mol. The van der Waals surface area contributed by atoms with Crippen LogP contribution in [-0.2, 0) is 47.7 Å². The van der Waals surface area contributed by atoms with E-state index in [4.69, 9.17) is 23.7 Å². The van der Waals surface area contributed by atoms with E-state index in [1.807, 2.05) is 0 Å². The molecule has 1 amide bonds. The summed E-state index contributed by atoms with van der Waals surface area (Å²) < 4.78 is 27.4. The van der Waals surface area contributed by atoms with Crippen LogP contribution in [0.3, 0.4) is 0 Å². The maximum Gasteiger partial charge on any atom is 0.306 e. The number of hydrogen-bond acceptors (Lipinski definition) is 10. The third kappa shape index (κ3) is 9.37. The van der Waals surface area contributed by atoms with Crippen molar-refractivity contribution in [2.24, 2.45) is 0 Å². The predicted molar refractivity (Wildman–Crippen MR) is 114 cm³/mol. The van der Waals surface area contributed by atoms with E-state index in [2.05, 4.69) is 5.32 Å². The van der Waals surface area contributed by atoms with Gasteiger partial charge in [0.2, 0.25) is 5.91 Å². The van der Waals surface area contributed by atoms with Gasteiger partial charge in [-0.2, -0.15) is 0 Å². The molecule has 0 radical (unpaired) electrons. The average Bonchev–Trinajstić information content (AvgIpc) is 2.61. The molecule has 1 rings (SSSR count). The molecule has 0 aromatic carbocycles. The Balaban J connectivity index is 3.37. The van der Waals surface area contributed by atoms with Gasteiger partial charge in [-0.05, 0) is 34.1 Å². The first-order chi connectivity index (χ1) is 15.0. The molecule has 0 spiro atoms. The van der Waals surface area contributed by atoms with Gasteiger partial charge in [0.1, 0.15) is 18.3 Å². The molecule has 1 heterocycles. The van der Waals surface area contributed by atoms with Crippen molar-refractivity contribution >= 4 is 29.8 Å². The summed E-state index contributed by atoms with van der Waals surface area (Å²) in [7, 11) is 0. The fourth-order valence-electron chi connectivity index (χ4n) is 3.64. The SMILES string of the molecule is CC(=O)N[C@@H]1[C@@H](OC(C)=O)[C@H](OC(C)=O)[C@@H](COC(C)=O)O[C@]1(C)CCC(=O)OC(C)(C)C. The summed E-state index contributed by atoms with van der Waals surface area (Å²) in [6, 6.07) is -0.987. The molecule has 33 heavy (non-hydrogen) atoms. The van der Waals surface area contributed by atoms with Crippen molar-refractivity contribution < 1.29 is 47.7 Å². The third-order valence-electron chi connectivity index (χ3n) is 4.76. The molecular formula is C22H35NO10. The van der Waals surface area contributed by atoms with Crippen LogP contribution in [0.15, 0.2) is 0 Å². The minimum atomic E-state index is -1.27. The van der Waals surface area contributed by atoms with Gasteiger partial charge >= 0.3 is 23.9 Å². The first kappa shape index (κ1) is 28.3. The van der Waals surface area contributed by atoms with Crippen molar-refractivity contribution in [2.75, 3.05) is 6.61 Å². The van der Waals surface area contributed by atoms with E-state index in [-0.39, 0.29) is 19.4 Å². The fourth-order valence-corrected chi connectivity index (χ4v) is 3.64. The van der Waals surface area contributed by atoms with E-state index in [0.717, 1.165) is 6.92 Å². The van der Waals surface area contributed by atoms with Crippen LogP contribution in [-0.4, -0.2) is 71.9 Å². The summed E-state index contributed by atoms with van der Waals surface area (Å²) in [5.41, 5.74) is -1.97. The molecule has 188 valence electrons. The van der Waals surface area contributed by atoms with Crippen LogP contribution < -0.4 is 5.32 Å². The maximum absolute atomic E-state index is 12.3. The molecule has 0 aromatic rings. The molecule has 0 aliphatic carbocycles. The van der Waals surface area contributed by atoms with Crippen LogP contribution in [0.1, 0.15) is 68.2 Å². The molecule has 1 aliphatic heterocycles. The lowest BCUT2D eigenvalue weighted by atomic mass is 9.80. The number of rotatable bonds is 8. The maximum atomic E-state index is 12.3. The topological polar surface area (TPSA) is 144 Å². The van der Waals surface area contributed by atoms with Crippen molar-refractivity contribution in [3.63, 3.8) is 0 Å². The van der Waals surface area contributed by atoms with Crippen molar-refractivity contribution in [1.82, 2.24) is 5.32 Å². The second kappa shape index (κ2) is 11.4. The van der Waals surface area contributed by atoms with E-state index in [1.54, 1.807) is 27.7 Å². The molecule has 5 atom stereocenters. The normalized spacial score (nSPS) is 27.2. The minimum absolute atomic E-state index is 0.0635. The van der Waals surface area contributed by atoms with Crippen LogP contribution in [0.25, 0.3) is 0 Å². The molecule has 0 unspecified atom stereocenters. The Hall–Kier alpha value is -2.69. The Kier molecular flexibility index (Phi) is 9.83. The van der Waals surface area contributed by atoms with Crippen molar-refractivity contribution in [3.05, 3.63) is 0 Å². The summed E-state index contributed by atoms with van der Waals surface area (Å²) in [6.45, 7) is 11.3. The summed E-state index contributed by atoms with van der Waals surface area (Å²) in [5.74, 6) is -2.91. The molecule has 1 fully saturated rings. The number of carbonyl (C=O) groups is 5. The number of ether oxygens (including phenoxy) is 5. The first-order valence-corrected chi connectivity index (χ1v) is 10.7. The van der Waals surface area contributed by atoms with Crippen LogP contribution >= 0.6 is 0 Å². The highest BCUT2D eigenvalue weighted by molar-refractivity contribution is 5.74. The first-order valence-electron chi connectivity index (χ1n) is 10.7. The molecule has 1 aliphatic rings. The van der Waals surface area contributed by atoms with Crippen LogP contribution in [0.5, 0.6) is 0 Å². The molecule has 0 aromatic heterocycles. The Morgan fingerprint density at radius 2 is 1.45 bits per heavy atom. The zero-order valence-corrected chi connectivity index (χ0v) is 20.5. The molecule has 1 saturated heterocycles. The minimum Gasteiger partial charge on any atom is -0.463 e. The van der Waals surface area contributed by atoms with E-state index in [9.17, 15) is 24.0 Å². The zero-order valence-electron chi connectivity index (χ0n) is 20.5. The van der Waals surface area contributed by atoms with Crippen molar-refractivity contribution in [1.29, 1.82) is 0 Å². The van der Waals surface area contributed by atoms with E-state index >= 15 is 0 Å². The highest BCUT2D eigenvalue weighted by atomic mass is 16.6. The summed E-state index contributed by atoms with van der Waals surface area (Å²) in [5, 5.41) is 2.70. The number of amides is 1. The monoisotopic (exact) mass is 473 g/mol. The standard InChI is InChI=1S/C22H35NO10/c1-12(24)23-20-19(31-15(4)27)18(30-14(3)26)16(11-29-13(2)25)32-22(20,8)10-9-17(28)33-21(5,6)7/h16,18-20H,9-11H2,1-8H3,(H,23,24)/t16-,18-,19+,20-,22-/m1/s1. The second-order valence-corrected chi connectivity index (χ2v) is 9.18. The largest absolute Gasteiger partial charge is 0.463 e. The van der Waals surface area contributed by atoms with Gasteiger partial charge in [-0.3, -0.25) is 24.0 Å². The lowest BCUT2D eigenvalue weighted by Crippen LogP contribution is -2.70. The van der Waals surface area contributed by atoms with E-state index in [0.29, 0.717) is 0 Å². The summed E-state index contributed by atoms with van der Waals surface area (Å²) in [6.07, 6.45) is -3.40. The quantitative estimate of drug-likeness (QED) is 0.403. The Morgan fingerprint density at radius 1 is 0.909 bits per heavy atom. The Labute approximate surface area is 193 Å². The number of nitrogens with one attached hydrogen (secondary N) is 1. The second-order valence-electron chi connectivity index (χ2n) is 9.18. The van der Waals surface area contributed by atoms with Crippen molar-refractivity contribution in [2.45, 2.75) is 104 Å². The van der Waals surface area contributed by atoms with Gasteiger partial charge in [-0.15, -0.1) is 0 Å². The van der Waals surface area contributed by atoms with Gasteiger partial charge in [-0.1, -0.05) is 0 Å². The smallest absolute Gasteiger partial charge is 0.306 e. The van der Waals surface area contributed by atoms with Crippen LogP contribution in [0.2, 0.25) is 0 Å². The van der Waals surface area contributed by atoms with Crippen molar-refractivity contribution in [3.8, 4) is 0 Å². The van der Waals surface area contributed by atoms with Gasteiger partial charge in [0, 0.05) is 34.1 Å².